The monoisotopic (exact) mass is 460 g/mol. The highest BCUT2D eigenvalue weighted by Crippen LogP contribution is 2.36. The fourth-order valence-corrected chi connectivity index (χ4v) is 3.97. The first kappa shape index (κ1) is 20.9. The van der Waals surface area contributed by atoms with Crippen LogP contribution in [0.3, 0.4) is 0 Å². The summed E-state index contributed by atoms with van der Waals surface area (Å²) in [5, 5.41) is 11.5. The number of benzene rings is 2. The molecular formula is C21H21BrN2O5. The second kappa shape index (κ2) is 9.09. The largest absolute Gasteiger partial charge is 0.493 e. The van der Waals surface area contributed by atoms with E-state index in [2.05, 4.69) is 15.9 Å². The fraction of sp³-hybridized carbons (Fsp3) is 0.286. The molecular weight excluding hydrogens is 440 g/mol. The lowest BCUT2D eigenvalue weighted by atomic mass is 9.95. The highest BCUT2D eigenvalue weighted by molar-refractivity contribution is 9.10. The summed E-state index contributed by atoms with van der Waals surface area (Å²) in [6.45, 7) is 0.578. The maximum atomic E-state index is 12.0. The lowest BCUT2D eigenvalue weighted by Gasteiger charge is -2.33. The molecule has 8 heteroatoms. The number of ether oxygens (including phenoxy) is 2. The van der Waals surface area contributed by atoms with Gasteiger partial charge in [-0.2, -0.15) is 0 Å². The SMILES string of the molecule is COc1cc(Br)c(CCN2C=CC(=O)CC2c2ccccc2[N+](=O)[O-])cc1OC. The van der Waals surface area contributed by atoms with Crippen molar-refractivity contribution in [2.24, 2.45) is 0 Å². The molecule has 0 saturated heterocycles. The highest BCUT2D eigenvalue weighted by Gasteiger charge is 2.29. The van der Waals surface area contributed by atoms with Crippen molar-refractivity contribution < 1.29 is 19.2 Å². The van der Waals surface area contributed by atoms with Crippen LogP contribution in [0.4, 0.5) is 5.69 Å². The smallest absolute Gasteiger partial charge is 0.274 e. The van der Waals surface area contributed by atoms with Gasteiger partial charge in [0.15, 0.2) is 17.3 Å². The number of para-hydroxylation sites is 1. The van der Waals surface area contributed by atoms with Crippen molar-refractivity contribution in [2.45, 2.75) is 18.9 Å². The average molecular weight is 461 g/mol. The minimum absolute atomic E-state index is 0.0258. The van der Waals surface area contributed by atoms with E-state index in [1.54, 1.807) is 38.6 Å². The Morgan fingerprint density at radius 2 is 1.90 bits per heavy atom. The molecule has 0 aromatic heterocycles. The molecule has 2 aromatic rings. The zero-order chi connectivity index (χ0) is 21.0. The maximum Gasteiger partial charge on any atom is 0.274 e. The molecule has 1 heterocycles. The maximum absolute atomic E-state index is 12.0. The predicted molar refractivity (Wildman–Crippen MR) is 112 cm³/mol. The van der Waals surface area contributed by atoms with Crippen molar-refractivity contribution in [1.82, 2.24) is 4.90 Å². The van der Waals surface area contributed by atoms with Gasteiger partial charge in [0.1, 0.15) is 0 Å². The van der Waals surface area contributed by atoms with E-state index in [0.717, 1.165) is 10.0 Å². The molecule has 1 atom stereocenters. The second-order valence-corrected chi connectivity index (χ2v) is 7.46. The first-order valence-corrected chi connectivity index (χ1v) is 9.84. The highest BCUT2D eigenvalue weighted by atomic mass is 79.9. The molecule has 0 aliphatic carbocycles. The van der Waals surface area contributed by atoms with Crippen LogP contribution in [0, 0.1) is 10.1 Å². The Balaban J connectivity index is 1.87. The van der Waals surface area contributed by atoms with Crippen molar-refractivity contribution >= 4 is 27.4 Å². The van der Waals surface area contributed by atoms with Crippen molar-refractivity contribution in [3.05, 3.63) is 74.4 Å². The van der Waals surface area contributed by atoms with E-state index < -0.39 is 4.92 Å². The van der Waals surface area contributed by atoms with Gasteiger partial charge in [-0.3, -0.25) is 14.9 Å². The molecule has 0 bridgehead atoms. The second-order valence-electron chi connectivity index (χ2n) is 6.60. The van der Waals surface area contributed by atoms with Crippen LogP contribution in [0.5, 0.6) is 11.5 Å². The Labute approximate surface area is 177 Å². The minimum Gasteiger partial charge on any atom is -0.493 e. The molecule has 2 aromatic carbocycles. The van der Waals surface area contributed by atoms with E-state index in [1.807, 2.05) is 17.0 Å². The number of rotatable bonds is 7. The Kier molecular flexibility index (Phi) is 6.53. The number of hydrogen-bond donors (Lipinski definition) is 0. The number of carbonyl (C=O) groups excluding carboxylic acids is 1. The number of allylic oxidation sites excluding steroid dienone is 1. The van der Waals surface area contributed by atoms with Gasteiger partial charge >= 0.3 is 0 Å². The molecule has 0 N–H and O–H groups in total. The Morgan fingerprint density at radius 1 is 1.21 bits per heavy atom. The summed E-state index contributed by atoms with van der Waals surface area (Å²) in [6, 6.07) is 9.95. The molecule has 0 spiro atoms. The summed E-state index contributed by atoms with van der Waals surface area (Å²) in [6.07, 6.45) is 4.10. The number of halogens is 1. The molecule has 1 aliphatic heterocycles. The number of methoxy groups -OCH3 is 2. The zero-order valence-corrected chi connectivity index (χ0v) is 17.7. The van der Waals surface area contributed by atoms with Gasteiger partial charge in [0.05, 0.1) is 30.7 Å². The van der Waals surface area contributed by atoms with E-state index in [0.29, 0.717) is 30.0 Å². The topological polar surface area (TPSA) is 81.9 Å². The van der Waals surface area contributed by atoms with Crippen LogP contribution in [0.2, 0.25) is 0 Å². The van der Waals surface area contributed by atoms with Gasteiger partial charge in [-0.25, -0.2) is 0 Å². The van der Waals surface area contributed by atoms with Gasteiger partial charge in [-0.1, -0.05) is 34.1 Å². The molecule has 3 rings (SSSR count). The Morgan fingerprint density at radius 3 is 2.59 bits per heavy atom. The first-order chi connectivity index (χ1) is 13.9. The van der Waals surface area contributed by atoms with Crippen molar-refractivity contribution in [1.29, 1.82) is 0 Å². The third-order valence-electron chi connectivity index (χ3n) is 4.93. The van der Waals surface area contributed by atoms with Crippen molar-refractivity contribution in [3.8, 4) is 11.5 Å². The van der Waals surface area contributed by atoms with Gasteiger partial charge in [-0.05, 0) is 30.2 Å². The van der Waals surface area contributed by atoms with E-state index >= 15 is 0 Å². The summed E-state index contributed by atoms with van der Waals surface area (Å²) in [7, 11) is 3.16. The Hall–Kier alpha value is -2.87. The van der Waals surface area contributed by atoms with Gasteiger partial charge < -0.3 is 14.4 Å². The van der Waals surface area contributed by atoms with E-state index in [-0.39, 0.29) is 23.9 Å². The summed E-state index contributed by atoms with van der Waals surface area (Å²) < 4.78 is 11.6. The lowest BCUT2D eigenvalue weighted by Crippen LogP contribution is -2.31. The number of ketones is 1. The molecule has 29 heavy (non-hydrogen) atoms. The normalized spacial score (nSPS) is 16.0. The van der Waals surface area contributed by atoms with Gasteiger partial charge in [0.2, 0.25) is 0 Å². The minimum atomic E-state index is -0.402. The number of carbonyl (C=O) groups is 1. The predicted octanol–water partition coefficient (Wildman–Crippen LogP) is 4.45. The van der Waals surface area contributed by atoms with Crippen LogP contribution in [0.1, 0.15) is 23.6 Å². The van der Waals surface area contributed by atoms with Crippen LogP contribution in [-0.4, -0.2) is 36.4 Å². The van der Waals surface area contributed by atoms with E-state index in [1.165, 1.54) is 12.1 Å². The molecule has 152 valence electrons. The summed E-state index contributed by atoms with van der Waals surface area (Å²) in [5.74, 6) is 1.21. The summed E-state index contributed by atoms with van der Waals surface area (Å²) in [4.78, 5) is 25.1. The lowest BCUT2D eigenvalue weighted by molar-refractivity contribution is -0.386. The Bertz CT molecular complexity index is 960. The molecule has 1 aliphatic rings. The zero-order valence-electron chi connectivity index (χ0n) is 16.1. The molecule has 0 amide bonds. The van der Waals surface area contributed by atoms with Crippen molar-refractivity contribution in [2.75, 3.05) is 20.8 Å². The molecule has 1 unspecified atom stereocenters. The summed E-state index contributed by atoms with van der Waals surface area (Å²) >= 11 is 3.56. The number of nitrogens with zero attached hydrogens (tertiary/aromatic N) is 2. The summed E-state index contributed by atoms with van der Waals surface area (Å²) in [5.41, 5.74) is 1.58. The third kappa shape index (κ3) is 4.59. The fourth-order valence-electron chi connectivity index (χ4n) is 3.45. The van der Waals surface area contributed by atoms with Crippen LogP contribution < -0.4 is 9.47 Å². The number of nitro benzene ring substituents is 1. The number of nitro groups is 1. The van der Waals surface area contributed by atoms with Crippen LogP contribution in [-0.2, 0) is 11.2 Å². The van der Waals surface area contributed by atoms with Crippen LogP contribution >= 0.6 is 15.9 Å². The first-order valence-electron chi connectivity index (χ1n) is 9.05. The third-order valence-corrected chi connectivity index (χ3v) is 5.67. The average Bonchev–Trinajstić information content (AvgIpc) is 2.73. The quantitative estimate of drug-likeness (QED) is 0.448. The van der Waals surface area contributed by atoms with Crippen LogP contribution in [0.25, 0.3) is 0 Å². The standard InChI is InChI=1S/C21H21BrN2O5/c1-28-20-11-14(17(22)13-21(20)29-2)7-9-23-10-8-15(25)12-19(23)16-5-3-4-6-18(16)24(26)27/h3-6,8,10-11,13,19H,7,9,12H2,1-2H3. The molecule has 0 saturated carbocycles. The molecule has 7 nitrogen and oxygen atoms in total. The molecule has 0 radical (unpaired) electrons. The van der Waals surface area contributed by atoms with E-state index in [9.17, 15) is 14.9 Å². The van der Waals surface area contributed by atoms with Gasteiger partial charge in [0.25, 0.3) is 5.69 Å². The van der Waals surface area contributed by atoms with E-state index in [4.69, 9.17) is 9.47 Å². The van der Waals surface area contributed by atoms with Crippen LogP contribution in [0.15, 0.2) is 53.1 Å². The molecule has 0 fully saturated rings. The van der Waals surface area contributed by atoms with Gasteiger partial charge in [-0.15, -0.1) is 0 Å². The van der Waals surface area contributed by atoms with Gasteiger partial charge in [0, 0.05) is 29.7 Å². The number of hydrogen-bond acceptors (Lipinski definition) is 6. The van der Waals surface area contributed by atoms with Crippen molar-refractivity contribution in [3.63, 3.8) is 0 Å².